The fourth-order valence-electron chi connectivity index (χ4n) is 9.17. The number of aliphatic carboxylic acids is 1. The lowest BCUT2D eigenvalue weighted by molar-refractivity contribution is -0.137. The fraction of sp³-hybridized carbons (Fsp3) is 0.564. The third kappa shape index (κ3) is 7.66. The van der Waals surface area contributed by atoms with Crippen LogP contribution < -0.4 is 15.1 Å². The molecule has 0 radical (unpaired) electrons. The smallest absolute Gasteiger partial charge is 0.332 e. The van der Waals surface area contributed by atoms with Crippen molar-refractivity contribution in [2.75, 3.05) is 62.2 Å². The zero-order valence-electron chi connectivity index (χ0n) is 30.9. The quantitative estimate of drug-likeness (QED) is 0.343. The van der Waals surface area contributed by atoms with E-state index in [2.05, 4.69) is 25.2 Å². The van der Waals surface area contributed by atoms with E-state index >= 15 is 4.39 Å². The summed E-state index contributed by atoms with van der Waals surface area (Å²) in [4.78, 5) is 75.7. The molecule has 1 aromatic carbocycles. The van der Waals surface area contributed by atoms with E-state index in [-0.39, 0.29) is 24.0 Å². The first-order chi connectivity index (χ1) is 26.6. The van der Waals surface area contributed by atoms with E-state index in [4.69, 9.17) is 0 Å². The zero-order valence-corrected chi connectivity index (χ0v) is 30.9. The number of fused-ring (bicyclic) bond motifs is 1. The van der Waals surface area contributed by atoms with Gasteiger partial charge in [-0.1, -0.05) is 0 Å². The van der Waals surface area contributed by atoms with Gasteiger partial charge in [-0.15, -0.1) is 0 Å². The molecule has 55 heavy (non-hydrogen) atoms. The van der Waals surface area contributed by atoms with Crippen molar-refractivity contribution in [3.05, 3.63) is 53.9 Å². The Morgan fingerprint density at radius 1 is 0.873 bits per heavy atom. The van der Waals surface area contributed by atoms with E-state index in [1.54, 1.807) is 23.5 Å². The van der Waals surface area contributed by atoms with Gasteiger partial charge in [-0.2, -0.15) is 5.10 Å². The summed E-state index contributed by atoms with van der Waals surface area (Å²) >= 11 is 0. The minimum atomic E-state index is -1.08. The van der Waals surface area contributed by atoms with Gasteiger partial charge >= 0.3 is 5.97 Å². The number of benzene rings is 1. The molecule has 0 bridgehead atoms. The lowest BCUT2D eigenvalue weighted by atomic mass is 9.91. The van der Waals surface area contributed by atoms with Crippen LogP contribution in [0.3, 0.4) is 0 Å². The Bertz CT molecular complexity index is 1890. The van der Waals surface area contributed by atoms with Crippen molar-refractivity contribution in [3.8, 4) is 0 Å². The second-order valence-electron chi connectivity index (χ2n) is 15.8. The van der Waals surface area contributed by atoms with Gasteiger partial charge in [0.1, 0.15) is 11.9 Å². The van der Waals surface area contributed by atoms with Crippen molar-refractivity contribution >= 4 is 47.2 Å². The molecule has 2 atom stereocenters. The van der Waals surface area contributed by atoms with Gasteiger partial charge in [-0.25, -0.2) is 9.18 Å². The highest BCUT2D eigenvalue weighted by Gasteiger charge is 2.45. The molecule has 1 aromatic heterocycles. The molecule has 0 aliphatic carbocycles. The number of nitrogens with one attached hydrogen (secondary N) is 1. The summed E-state index contributed by atoms with van der Waals surface area (Å²) in [5.41, 5.74) is 1.12. The van der Waals surface area contributed by atoms with Crippen LogP contribution in [0.25, 0.3) is 0 Å². The van der Waals surface area contributed by atoms with Gasteiger partial charge in [-0.05, 0) is 95.0 Å². The van der Waals surface area contributed by atoms with Gasteiger partial charge in [0.15, 0.2) is 6.04 Å². The number of imide groups is 2. The highest BCUT2D eigenvalue weighted by Crippen LogP contribution is 2.35. The lowest BCUT2D eigenvalue weighted by Gasteiger charge is -2.38. The maximum atomic E-state index is 15.4. The molecule has 7 heterocycles. The maximum absolute atomic E-state index is 15.4. The topological polar surface area (TPSA) is 164 Å². The number of hydrogen-bond donors (Lipinski definition) is 2. The van der Waals surface area contributed by atoms with Crippen LogP contribution in [0, 0.1) is 17.7 Å². The number of halogens is 1. The number of nitrogens with zero attached hydrogens (tertiary/aromatic N) is 8. The molecule has 4 amide bonds. The van der Waals surface area contributed by atoms with Crippen LogP contribution in [0.5, 0.6) is 0 Å². The highest BCUT2D eigenvalue weighted by molar-refractivity contribution is 6.23. The van der Waals surface area contributed by atoms with E-state index in [9.17, 15) is 29.1 Å². The molecule has 16 heteroatoms. The van der Waals surface area contributed by atoms with Gasteiger partial charge in [0, 0.05) is 64.0 Å². The molecule has 6 aliphatic heterocycles. The molecule has 4 fully saturated rings. The van der Waals surface area contributed by atoms with Crippen molar-refractivity contribution in [1.29, 1.82) is 0 Å². The third-order valence-corrected chi connectivity index (χ3v) is 12.5. The number of piperidine rings is 4. The molecule has 0 spiro atoms. The summed E-state index contributed by atoms with van der Waals surface area (Å²) in [5.74, 6) is -2.73. The SMILES string of the molecule is O=C1CCC(N2C(=O)c3cc(F)c(N4CCC(CCN5CCC(CN6CCC(n7cc(N8C=CN=CC8C(=O)O)cn7)CC6)CC5)CC4)cc3C2=O)C(=O)N1. The number of carboxylic acids is 1. The first kappa shape index (κ1) is 37.0. The molecule has 6 aliphatic rings. The van der Waals surface area contributed by atoms with Crippen molar-refractivity contribution in [2.24, 2.45) is 16.8 Å². The van der Waals surface area contributed by atoms with Crippen LogP contribution in [0.15, 0.2) is 41.9 Å². The largest absolute Gasteiger partial charge is 0.479 e. The van der Waals surface area contributed by atoms with E-state index in [0.717, 1.165) is 88.0 Å². The summed E-state index contributed by atoms with van der Waals surface area (Å²) in [5, 5.41) is 16.3. The molecule has 2 unspecified atom stereocenters. The van der Waals surface area contributed by atoms with Crippen LogP contribution >= 0.6 is 0 Å². The molecular formula is C39H48FN9O6. The van der Waals surface area contributed by atoms with Gasteiger partial charge < -0.3 is 24.7 Å². The Kier molecular flexibility index (Phi) is 10.5. The van der Waals surface area contributed by atoms with Crippen LogP contribution in [0.2, 0.25) is 0 Å². The number of carbonyl (C=O) groups excluding carboxylic acids is 4. The summed E-state index contributed by atoms with van der Waals surface area (Å²) < 4.78 is 17.4. The number of rotatable bonds is 10. The van der Waals surface area contributed by atoms with E-state index in [0.29, 0.717) is 36.7 Å². The lowest BCUT2D eigenvalue weighted by Crippen LogP contribution is -2.54. The van der Waals surface area contributed by atoms with Crippen molar-refractivity contribution in [3.63, 3.8) is 0 Å². The van der Waals surface area contributed by atoms with Crippen molar-refractivity contribution in [1.82, 2.24) is 29.8 Å². The number of carboxylic acid groups (broad SMARTS) is 1. The number of amides is 4. The molecular weight excluding hydrogens is 709 g/mol. The molecule has 2 N–H and O–H groups in total. The van der Waals surface area contributed by atoms with Gasteiger partial charge in [-0.3, -0.25) is 39.1 Å². The maximum Gasteiger partial charge on any atom is 0.332 e. The first-order valence-corrected chi connectivity index (χ1v) is 19.6. The van der Waals surface area contributed by atoms with Crippen LogP contribution in [0.4, 0.5) is 15.8 Å². The Labute approximate surface area is 318 Å². The van der Waals surface area contributed by atoms with Gasteiger partial charge in [0.25, 0.3) is 11.8 Å². The fourth-order valence-corrected chi connectivity index (χ4v) is 9.17. The zero-order chi connectivity index (χ0) is 38.2. The molecule has 15 nitrogen and oxygen atoms in total. The normalized spacial score (nSPS) is 24.9. The van der Waals surface area contributed by atoms with E-state index < -0.39 is 47.5 Å². The number of hydrogen-bond acceptors (Lipinski definition) is 11. The van der Waals surface area contributed by atoms with Crippen LogP contribution in [-0.4, -0.2) is 130 Å². The molecule has 292 valence electrons. The van der Waals surface area contributed by atoms with Crippen molar-refractivity contribution in [2.45, 2.75) is 75.9 Å². The second kappa shape index (κ2) is 15.6. The summed E-state index contributed by atoms with van der Waals surface area (Å²) in [6, 6.07) is 0.964. The van der Waals surface area contributed by atoms with E-state index in [1.807, 2.05) is 15.8 Å². The predicted octanol–water partition coefficient (Wildman–Crippen LogP) is 2.89. The Balaban J connectivity index is 0.748. The Morgan fingerprint density at radius 2 is 1.56 bits per heavy atom. The number of aliphatic imine (C=N–C) groups is 1. The van der Waals surface area contributed by atoms with Crippen molar-refractivity contribution < 1.29 is 33.5 Å². The number of carbonyl (C=O) groups is 5. The third-order valence-electron chi connectivity index (χ3n) is 12.5. The first-order valence-electron chi connectivity index (χ1n) is 19.6. The van der Waals surface area contributed by atoms with Crippen LogP contribution in [-0.2, 0) is 14.4 Å². The van der Waals surface area contributed by atoms with Crippen LogP contribution in [0.1, 0.15) is 84.5 Å². The van der Waals surface area contributed by atoms with E-state index in [1.165, 1.54) is 25.1 Å². The average molecular weight is 758 g/mol. The minimum Gasteiger partial charge on any atom is -0.479 e. The summed E-state index contributed by atoms with van der Waals surface area (Å²) in [6.45, 7) is 7.76. The predicted molar refractivity (Wildman–Crippen MR) is 200 cm³/mol. The summed E-state index contributed by atoms with van der Waals surface area (Å²) in [6.07, 6.45) is 15.8. The molecule has 2 aromatic rings. The second-order valence-corrected chi connectivity index (χ2v) is 15.8. The van der Waals surface area contributed by atoms with Gasteiger partial charge in [0.05, 0.1) is 34.7 Å². The standard InChI is InChI=1S/C39H48FN9O6/c40-31-19-29-30(38(53)49(37(29)52)32-1-2-35(50)43-36(32)51)20-33(31)46-16-6-25(7-17-46)3-11-44-12-4-26(5-13-44)23-45-14-8-27(9-15-45)48-24-28(21-42-48)47-18-10-41-22-34(47)39(54)55/h10,18-22,24-27,32,34H,1-9,11-17,23H2,(H,54,55)(H,43,50,51). The summed E-state index contributed by atoms with van der Waals surface area (Å²) in [7, 11) is 0. The average Bonchev–Trinajstić information content (AvgIpc) is 3.77. The highest BCUT2D eigenvalue weighted by atomic mass is 19.1. The molecule has 8 rings (SSSR count). The monoisotopic (exact) mass is 757 g/mol. The molecule has 0 saturated carbocycles. The molecule has 4 saturated heterocycles. The van der Waals surface area contributed by atoms with Gasteiger partial charge in [0.2, 0.25) is 11.8 Å². The number of anilines is 2. The Hall–Kier alpha value is -4.96. The minimum absolute atomic E-state index is 0.0310. The Morgan fingerprint density at radius 3 is 2.27 bits per heavy atom. The number of likely N-dealkylation sites (tertiary alicyclic amines) is 2. The number of aromatic nitrogens is 2.